The molecule has 0 spiro atoms. The third-order valence-electron chi connectivity index (χ3n) is 2.85. The Hall–Kier alpha value is -1.26. The Morgan fingerprint density at radius 3 is 2.29 bits per heavy atom. The van der Waals surface area contributed by atoms with E-state index in [1.165, 1.54) is 0 Å². The molecule has 0 aliphatic carbocycles. The van der Waals surface area contributed by atoms with Gasteiger partial charge in [-0.05, 0) is 18.1 Å². The number of aliphatic hydroxyl groups excluding tert-OH is 1. The predicted octanol–water partition coefficient (Wildman–Crippen LogP) is 1.72. The number of benzene rings is 1. The van der Waals surface area contributed by atoms with Crippen LogP contribution >= 0.6 is 0 Å². The second-order valence-corrected chi connectivity index (χ2v) is 4.37. The highest BCUT2D eigenvalue weighted by molar-refractivity contribution is 5.42. The van der Waals surface area contributed by atoms with Crippen molar-refractivity contribution in [1.29, 1.82) is 0 Å². The average molecular weight is 239 g/mol. The molecule has 0 bridgehead atoms. The van der Waals surface area contributed by atoms with E-state index in [1.54, 1.807) is 20.3 Å². The molecular formula is C13H21NO3. The molecule has 0 radical (unpaired) electrons. The zero-order valence-electron chi connectivity index (χ0n) is 10.8. The van der Waals surface area contributed by atoms with Crippen LogP contribution in [0.1, 0.15) is 25.5 Å². The molecule has 0 aliphatic rings. The van der Waals surface area contributed by atoms with E-state index in [4.69, 9.17) is 15.2 Å². The molecule has 0 aliphatic heterocycles. The molecule has 4 heteroatoms. The highest BCUT2D eigenvalue weighted by atomic mass is 16.5. The lowest BCUT2D eigenvalue weighted by molar-refractivity contribution is 0.0969. The summed E-state index contributed by atoms with van der Waals surface area (Å²) < 4.78 is 10.4. The molecule has 0 saturated carbocycles. The quantitative estimate of drug-likeness (QED) is 0.821. The van der Waals surface area contributed by atoms with E-state index in [0.29, 0.717) is 11.5 Å². The van der Waals surface area contributed by atoms with Gasteiger partial charge in [-0.3, -0.25) is 0 Å². The molecule has 3 N–H and O–H groups in total. The second-order valence-electron chi connectivity index (χ2n) is 4.37. The summed E-state index contributed by atoms with van der Waals surface area (Å²) >= 11 is 0. The maximum Gasteiger partial charge on any atom is 0.127 e. The van der Waals surface area contributed by atoms with Crippen molar-refractivity contribution in [2.24, 2.45) is 11.7 Å². The summed E-state index contributed by atoms with van der Waals surface area (Å²) in [6.45, 7) is 3.86. The van der Waals surface area contributed by atoms with Gasteiger partial charge < -0.3 is 20.3 Å². The Morgan fingerprint density at radius 1 is 1.18 bits per heavy atom. The minimum Gasteiger partial charge on any atom is -0.497 e. The monoisotopic (exact) mass is 239 g/mol. The van der Waals surface area contributed by atoms with Crippen LogP contribution in [0.4, 0.5) is 0 Å². The Balaban J connectivity index is 3.04. The van der Waals surface area contributed by atoms with Crippen molar-refractivity contribution >= 4 is 0 Å². The van der Waals surface area contributed by atoms with Crippen molar-refractivity contribution in [3.8, 4) is 11.5 Å². The van der Waals surface area contributed by atoms with E-state index in [1.807, 2.05) is 26.0 Å². The maximum atomic E-state index is 9.98. The Bertz CT molecular complexity index is 366. The topological polar surface area (TPSA) is 64.7 Å². The molecule has 96 valence electrons. The summed E-state index contributed by atoms with van der Waals surface area (Å²) in [5.74, 6) is 1.44. The lowest BCUT2D eigenvalue weighted by Gasteiger charge is -2.24. The van der Waals surface area contributed by atoms with Gasteiger partial charge in [0.15, 0.2) is 0 Å². The number of rotatable bonds is 5. The molecule has 0 unspecified atom stereocenters. The van der Waals surface area contributed by atoms with Gasteiger partial charge >= 0.3 is 0 Å². The summed E-state index contributed by atoms with van der Waals surface area (Å²) in [4.78, 5) is 0. The van der Waals surface area contributed by atoms with Gasteiger partial charge in [-0.2, -0.15) is 0 Å². The van der Waals surface area contributed by atoms with Gasteiger partial charge in [0.1, 0.15) is 11.5 Å². The van der Waals surface area contributed by atoms with Crippen LogP contribution in [0.5, 0.6) is 11.5 Å². The van der Waals surface area contributed by atoms with Crippen LogP contribution in [-0.4, -0.2) is 25.4 Å². The molecule has 17 heavy (non-hydrogen) atoms. The van der Waals surface area contributed by atoms with Crippen LogP contribution in [0, 0.1) is 5.92 Å². The zero-order valence-corrected chi connectivity index (χ0v) is 10.8. The number of ether oxygens (including phenoxy) is 2. The number of aliphatic hydroxyl groups is 1. The Morgan fingerprint density at radius 2 is 1.82 bits per heavy atom. The van der Waals surface area contributed by atoms with Gasteiger partial charge in [-0.25, -0.2) is 0 Å². The van der Waals surface area contributed by atoms with E-state index in [9.17, 15) is 5.11 Å². The molecule has 0 saturated heterocycles. The first-order chi connectivity index (χ1) is 8.01. The van der Waals surface area contributed by atoms with Crippen molar-refractivity contribution in [3.63, 3.8) is 0 Å². The maximum absolute atomic E-state index is 9.98. The van der Waals surface area contributed by atoms with E-state index in [0.717, 1.165) is 5.56 Å². The first-order valence-corrected chi connectivity index (χ1v) is 5.66. The minimum atomic E-state index is -0.600. The molecular weight excluding hydrogens is 218 g/mol. The summed E-state index contributed by atoms with van der Waals surface area (Å²) in [6, 6.07) is 4.94. The smallest absolute Gasteiger partial charge is 0.127 e. The summed E-state index contributed by atoms with van der Waals surface area (Å²) in [7, 11) is 3.17. The summed E-state index contributed by atoms with van der Waals surface area (Å²) in [5, 5.41) is 9.98. The van der Waals surface area contributed by atoms with Crippen LogP contribution in [0.3, 0.4) is 0 Å². The molecule has 1 rings (SSSR count). The first-order valence-electron chi connectivity index (χ1n) is 5.66. The highest BCUT2D eigenvalue weighted by Crippen LogP contribution is 2.31. The summed E-state index contributed by atoms with van der Waals surface area (Å²) in [6.07, 6.45) is -0.600. The van der Waals surface area contributed by atoms with Gasteiger partial charge in [0.25, 0.3) is 0 Å². The molecule has 4 nitrogen and oxygen atoms in total. The van der Waals surface area contributed by atoms with Crippen LogP contribution in [-0.2, 0) is 0 Å². The third kappa shape index (κ3) is 3.11. The molecule has 0 aromatic heterocycles. The van der Waals surface area contributed by atoms with Crippen molar-refractivity contribution in [3.05, 3.63) is 23.8 Å². The van der Waals surface area contributed by atoms with Gasteiger partial charge in [-0.1, -0.05) is 13.8 Å². The largest absolute Gasteiger partial charge is 0.497 e. The number of methoxy groups -OCH3 is 2. The molecule has 1 aromatic carbocycles. The van der Waals surface area contributed by atoms with Crippen molar-refractivity contribution in [2.45, 2.75) is 26.0 Å². The van der Waals surface area contributed by atoms with Gasteiger partial charge in [0.05, 0.1) is 26.4 Å². The molecule has 0 amide bonds. The van der Waals surface area contributed by atoms with Gasteiger partial charge in [0.2, 0.25) is 0 Å². The van der Waals surface area contributed by atoms with Gasteiger partial charge in [0, 0.05) is 11.6 Å². The van der Waals surface area contributed by atoms with Crippen molar-refractivity contribution < 1.29 is 14.6 Å². The van der Waals surface area contributed by atoms with Crippen LogP contribution in [0.2, 0.25) is 0 Å². The first kappa shape index (κ1) is 13.8. The predicted molar refractivity (Wildman–Crippen MR) is 67.3 cm³/mol. The van der Waals surface area contributed by atoms with Crippen molar-refractivity contribution in [2.75, 3.05) is 14.2 Å². The van der Waals surface area contributed by atoms with Crippen LogP contribution in [0.15, 0.2) is 18.2 Å². The fourth-order valence-electron chi connectivity index (χ4n) is 1.69. The minimum absolute atomic E-state index is 0.0943. The van der Waals surface area contributed by atoms with E-state index < -0.39 is 12.1 Å². The fourth-order valence-corrected chi connectivity index (χ4v) is 1.69. The van der Waals surface area contributed by atoms with Crippen molar-refractivity contribution in [1.82, 2.24) is 0 Å². The SMILES string of the molecule is COc1ccc([C@H](N)[C@H](O)C(C)C)c(OC)c1. The van der Waals surface area contributed by atoms with E-state index >= 15 is 0 Å². The standard InChI is InChI=1S/C13H21NO3/c1-8(2)13(15)12(14)10-6-5-9(16-3)7-11(10)17-4/h5-8,12-13,15H,14H2,1-4H3/t12-,13+/m0/s1. The number of nitrogens with two attached hydrogens (primary N) is 1. The second kappa shape index (κ2) is 5.89. The number of hydrogen-bond donors (Lipinski definition) is 2. The normalized spacial score (nSPS) is 14.5. The zero-order chi connectivity index (χ0) is 13.0. The molecule has 0 fully saturated rings. The Kier molecular flexibility index (Phi) is 4.78. The van der Waals surface area contributed by atoms with Gasteiger partial charge in [-0.15, -0.1) is 0 Å². The highest BCUT2D eigenvalue weighted by Gasteiger charge is 2.23. The van der Waals surface area contributed by atoms with Crippen LogP contribution < -0.4 is 15.2 Å². The average Bonchev–Trinajstić information content (AvgIpc) is 2.35. The van der Waals surface area contributed by atoms with E-state index in [-0.39, 0.29) is 5.92 Å². The Labute approximate surface area is 102 Å². The fraction of sp³-hybridized carbons (Fsp3) is 0.538. The molecule has 1 aromatic rings. The number of hydrogen-bond acceptors (Lipinski definition) is 4. The van der Waals surface area contributed by atoms with Crippen LogP contribution in [0.25, 0.3) is 0 Å². The molecule has 2 atom stereocenters. The summed E-state index contributed by atoms with van der Waals surface area (Å²) in [5.41, 5.74) is 6.82. The third-order valence-corrected chi connectivity index (χ3v) is 2.85. The lowest BCUT2D eigenvalue weighted by Crippen LogP contribution is -2.30. The van der Waals surface area contributed by atoms with E-state index in [2.05, 4.69) is 0 Å². The molecule has 0 heterocycles. The lowest BCUT2D eigenvalue weighted by atomic mass is 9.94.